The molecule has 15 heavy (non-hydrogen) atoms. The second kappa shape index (κ2) is 4.65. The van der Waals surface area contributed by atoms with Crippen LogP contribution in [-0.4, -0.2) is 28.4 Å². The molecule has 1 unspecified atom stereocenters. The van der Waals surface area contributed by atoms with E-state index in [4.69, 9.17) is 16.2 Å². The van der Waals surface area contributed by atoms with Crippen LogP contribution in [0, 0.1) is 0 Å². The van der Waals surface area contributed by atoms with Crippen molar-refractivity contribution < 1.29 is 9.84 Å². The molecule has 84 valence electrons. The molecular formula is C8H15N5O2. The fourth-order valence-corrected chi connectivity index (χ4v) is 0.958. The van der Waals surface area contributed by atoms with Crippen molar-refractivity contribution in [3.63, 3.8) is 0 Å². The Morgan fingerprint density at radius 1 is 1.47 bits per heavy atom. The molecule has 1 aromatic rings. The van der Waals surface area contributed by atoms with Gasteiger partial charge < -0.3 is 26.6 Å². The largest absolute Gasteiger partial charge is 0.446 e. The molecule has 0 saturated heterocycles. The number of nitrogens with two attached hydrogens (primary N) is 2. The molecule has 1 atom stereocenters. The van der Waals surface area contributed by atoms with E-state index in [0.29, 0.717) is 12.2 Å². The lowest BCUT2D eigenvalue weighted by Gasteiger charge is -2.14. The quantitative estimate of drug-likeness (QED) is 0.511. The van der Waals surface area contributed by atoms with Crippen molar-refractivity contribution in [3.8, 4) is 5.88 Å². The molecule has 0 aliphatic carbocycles. The van der Waals surface area contributed by atoms with Crippen LogP contribution in [0.1, 0.15) is 13.3 Å². The van der Waals surface area contributed by atoms with Crippen LogP contribution < -0.4 is 21.5 Å². The number of aromatic nitrogens is 2. The molecule has 0 aliphatic rings. The maximum absolute atomic E-state index is 9.29. The summed E-state index contributed by atoms with van der Waals surface area (Å²) in [5.74, 6) is 0.494. The normalized spacial score (nSPS) is 12.2. The number of hydrogen-bond acceptors (Lipinski definition) is 7. The lowest BCUT2D eigenvalue weighted by atomic mass is 10.4. The second-order valence-electron chi connectivity index (χ2n) is 2.88. The Kier molecular flexibility index (Phi) is 3.51. The number of aliphatic hydroxyl groups excluding tert-OH is 1. The topological polar surface area (TPSA) is 119 Å². The first-order chi connectivity index (χ1) is 7.08. The highest BCUT2D eigenvalue weighted by Crippen LogP contribution is 2.27. The summed E-state index contributed by atoms with van der Waals surface area (Å²) < 4.78 is 5.08. The van der Waals surface area contributed by atoms with Gasteiger partial charge in [0.05, 0.1) is 0 Å². The molecule has 0 bridgehead atoms. The molecule has 0 radical (unpaired) electrons. The number of ether oxygens (including phenoxy) is 1. The fourth-order valence-electron chi connectivity index (χ4n) is 0.958. The lowest BCUT2D eigenvalue weighted by Crippen LogP contribution is -2.17. The number of nitrogen functional groups attached to an aromatic ring is 2. The molecule has 6 N–H and O–H groups in total. The standard InChI is InChI=1S/C8H15N5O2/c1-3-4(14)15-7-5(9)6(11-2)12-8(10)13-7/h4,14H,3,9H2,1-2H3,(H3,10,11,12,13). The minimum atomic E-state index is -0.952. The molecule has 0 fully saturated rings. The first-order valence-corrected chi connectivity index (χ1v) is 4.54. The zero-order valence-corrected chi connectivity index (χ0v) is 8.69. The Balaban J connectivity index is 3.01. The minimum Gasteiger partial charge on any atom is -0.446 e. The van der Waals surface area contributed by atoms with Crippen LogP contribution in [0.5, 0.6) is 5.88 Å². The van der Waals surface area contributed by atoms with E-state index >= 15 is 0 Å². The predicted molar refractivity (Wildman–Crippen MR) is 57.3 cm³/mol. The smallest absolute Gasteiger partial charge is 0.246 e. The molecule has 0 amide bonds. The van der Waals surface area contributed by atoms with E-state index in [9.17, 15) is 5.11 Å². The van der Waals surface area contributed by atoms with E-state index in [1.54, 1.807) is 14.0 Å². The molecule has 7 heteroatoms. The Bertz CT molecular complexity index is 344. The summed E-state index contributed by atoms with van der Waals surface area (Å²) in [5.41, 5.74) is 11.3. The van der Waals surface area contributed by atoms with Gasteiger partial charge in [0.15, 0.2) is 12.1 Å². The van der Waals surface area contributed by atoms with Gasteiger partial charge in [0.25, 0.3) is 0 Å². The summed E-state index contributed by atoms with van der Waals surface area (Å²) in [6, 6.07) is 0. The highest BCUT2D eigenvalue weighted by molar-refractivity contribution is 5.68. The Labute approximate surface area is 87.5 Å². The Morgan fingerprint density at radius 3 is 2.67 bits per heavy atom. The van der Waals surface area contributed by atoms with Crippen molar-refractivity contribution >= 4 is 17.5 Å². The molecule has 0 spiro atoms. The molecule has 0 aromatic carbocycles. The van der Waals surface area contributed by atoms with Gasteiger partial charge in [-0.3, -0.25) is 0 Å². The third-order valence-electron chi connectivity index (χ3n) is 1.76. The van der Waals surface area contributed by atoms with Gasteiger partial charge in [-0.2, -0.15) is 9.97 Å². The maximum atomic E-state index is 9.29. The number of nitrogens with zero attached hydrogens (tertiary/aromatic N) is 2. The second-order valence-corrected chi connectivity index (χ2v) is 2.88. The van der Waals surface area contributed by atoms with Gasteiger partial charge in [-0.15, -0.1) is 0 Å². The summed E-state index contributed by atoms with van der Waals surface area (Å²) >= 11 is 0. The maximum Gasteiger partial charge on any atom is 0.246 e. The average molecular weight is 213 g/mol. The molecule has 1 rings (SSSR count). The molecule has 1 aromatic heterocycles. The van der Waals surface area contributed by atoms with Crippen LogP contribution in [-0.2, 0) is 0 Å². The monoisotopic (exact) mass is 213 g/mol. The Morgan fingerprint density at radius 2 is 2.13 bits per heavy atom. The average Bonchev–Trinajstić information content (AvgIpc) is 2.22. The van der Waals surface area contributed by atoms with Gasteiger partial charge in [-0.05, 0) is 0 Å². The van der Waals surface area contributed by atoms with Gasteiger partial charge in [0.2, 0.25) is 11.8 Å². The number of aliphatic hydroxyl groups is 1. The first-order valence-electron chi connectivity index (χ1n) is 4.54. The Hall–Kier alpha value is -1.76. The molecular weight excluding hydrogens is 198 g/mol. The third kappa shape index (κ3) is 2.59. The summed E-state index contributed by atoms with van der Waals surface area (Å²) in [4.78, 5) is 7.64. The van der Waals surface area contributed by atoms with E-state index in [2.05, 4.69) is 15.3 Å². The van der Waals surface area contributed by atoms with Crippen molar-refractivity contribution in [3.05, 3.63) is 0 Å². The number of nitrogens with one attached hydrogen (secondary N) is 1. The van der Waals surface area contributed by atoms with Crippen LogP contribution >= 0.6 is 0 Å². The van der Waals surface area contributed by atoms with Crippen molar-refractivity contribution in [2.75, 3.05) is 23.8 Å². The van der Waals surface area contributed by atoms with Crippen LogP contribution in [0.3, 0.4) is 0 Å². The van der Waals surface area contributed by atoms with Gasteiger partial charge in [-0.1, -0.05) is 6.92 Å². The van der Waals surface area contributed by atoms with Gasteiger partial charge in [0, 0.05) is 13.5 Å². The first kappa shape index (κ1) is 11.3. The van der Waals surface area contributed by atoms with Crippen LogP contribution in [0.4, 0.5) is 17.5 Å². The molecule has 1 heterocycles. The molecule has 0 aliphatic heterocycles. The number of rotatable bonds is 4. The molecule has 7 nitrogen and oxygen atoms in total. The zero-order valence-electron chi connectivity index (χ0n) is 8.69. The third-order valence-corrected chi connectivity index (χ3v) is 1.76. The predicted octanol–water partition coefficient (Wildman–Crippen LogP) is -0.210. The van der Waals surface area contributed by atoms with Gasteiger partial charge in [0.1, 0.15) is 5.69 Å². The SMILES string of the molecule is CCC(O)Oc1nc(N)nc(NC)c1N. The van der Waals surface area contributed by atoms with Crippen LogP contribution in [0.2, 0.25) is 0 Å². The van der Waals surface area contributed by atoms with Crippen LogP contribution in [0.15, 0.2) is 0 Å². The van der Waals surface area contributed by atoms with Gasteiger partial charge >= 0.3 is 0 Å². The van der Waals surface area contributed by atoms with E-state index in [-0.39, 0.29) is 17.5 Å². The van der Waals surface area contributed by atoms with E-state index < -0.39 is 6.29 Å². The van der Waals surface area contributed by atoms with Crippen LogP contribution in [0.25, 0.3) is 0 Å². The fraction of sp³-hybridized carbons (Fsp3) is 0.500. The summed E-state index contributed by atoms with van der Waals surface area (Å²) in [5, 5.41) is 12.0. The summed E-state index contributed by atoms with van der Waals surface area (Å²) in [6.45, 7) is 1.77. The number of anilines is 3. The molecule has 0 saturated carbocycles. The van der Waals surface area contributed by atoms with E-state index in [1.807, 2.05) is 0 Å². The van der Waals surface area contributed by atoms with Gasteiger partial charge in [-0.25, -0.2) is 0 Å². The van der Waals surface area contributed by atoms with Crippen molar-refractivity contribution in [2.45, 2.75) is 19.6 Å². The zero-order chi connectivity index (χ0) is 11.4. The minimum absolute atomic E-state index is 0.0341. The van der Waals surface area contributed by atoms with E-state index in [1.165, 1.54) is 0 Å². The van der Waals surface area contributed by atoms with Crippen molar-refractivity contribution in [1.82, 2.24) is 9.97 Å². The lowest BCUT2D eigenvalue weighted by molar-refractivity contribution is -0.0216. The van der Waals surface area contributed by atoms with Crippen molar-refractivity contribution in [1.29, 1.82) is 0 Å². The summed E-state index contributed by atoms with van der Waals surface area (Å²) in [6.07, 6.45) is -0.524. The highest BCUT2D eigenvalue weighted by atomic mass is 16.6. The van der Waals surface area contributed by atoms with Crippen molar-refractivity contribution in [2.24, 2.45) is 0 Å². The highest BCUT2D eigenvalue weighted by Gasteiger charge is 2.13. The summed E-state index contributed by atoms with van der Waals surface area (Å²) in [7, 11) is 1.65. The van der Waals surface area contributed by atoms with E-state index in [0.717, 1.165) is 0 Å². The number of hydrogen-bond donors (Lipinski definition) is 4.